The van der Waals surface area contributed by atoms with Crippen molar-refractivity contribution < 1.29 is 14.4 Å². The molecule has 0 unspecified atom stereocenters. The SMILES string of the molecule is CC(=O)c1cccc(NC(=O)C(C)(C)C(=O)Nc2cc(Cl)ccc2C)c1. The van der Waals surface area contributed by atoms with Crippen LogP contribution >= 0.6 is 11.6 Å². The van der Waals surface area contributed by atoms with Crippen molar-refractivity contribution in [2.45, 2.75) is 27.7 Å². The quantitative estimate of drug-likeness (QED) is 0.601. The first-order valence-corrected chi connectivity index (χ1v) is 8.49. The maximum Gasteiger partial charge on any atom is 0.239 e. The average molecular weight is 373 g/mol. The van der Waals surface area contributed by atoms with Crippen LogP contribution in [0.5, 0.6) is 0 Å². The number of hydrogen-bond acceptors (Lipinski definition) is 3. The van der Waals surface area contributed by atoms with Crippen molar-refractivity contribution in [2.75, 3.05) is 10.6 Å². The van der Waals surface area contributed by atoms with Crippen LogP contribution in [0.2, 0.25) is 5.02 Å². The second-order valence-electron chi connectivity index (χ2n) is 6.63. The van der Waals surface area contributed by atoms with E-state index in [0.29, 0.717) is 22.0 Å². The maximum absolute atomic E-state index is 12.6. The van der Waals surface area contributed by atoms with Gasteiger partial charge in [0.2, 0.25) is 11.8 Å². The van der Waals surface area contributed by atoms with E-state index in [4.69, 9.17) is 11.6 Å². The molecule has 0 saturated carbocycles. The summed E-state index contributed by atoms with van der Waals surface area (Å²) in [4.78, 5) is 36.7. The molecule has 0 aliphatic rings. The largest absolute Gasteiger partial charge is 0.325 e. The molecule has 0 aliphatic heterocycles. The van der Waals surface area contributed by atoms with Gasteiger partial charge >= 0.3 is 0 Å². The summed E-state index contributed by atoms with van der Waals surface area (Å²) < 4.78 is 0. The summed E-state index contributed by atoms with van der Waals surface area (Å²) in [6.45, 7) is 6.36. The van der Waals surface area contributed by atoms with E-state index in [1.165, 1.54) is 20.8 Å². The van der Waals surface area contributed by atoms with Gasteiger partial charge < -0.3 is 10.6 Å². The highest BCUT2D eigenvalue weighted by molar-refractivity contribution is 6.31. The molecule has 0 aliphatic carbocycles. The van der Waals surface area contributed by atoms with Crippen LogP contribution in [-0.4, -0.2) is 17.6 Å². The molecule has 0 saturated heterocycles. The van der Waals surface area contributed by atoms with E-state index >= 15 is 0 Å². The first-order valence-electron chi connectivity index (χ1n) is 8.11. The summed E-state index contributed by atoms with van der Waals surface area (Å²) in [6.07, 6.45) is 0. The Morgan fingerprint density at radius 3 is 2.27 bits per heavy atom. The van der Waals surface area contributed by atoms with E-state index in [1.807, 2.05) is 6.92 Å². The number of carbonyl (C=O) groups is 3. The Morgan fingerprint density at radius 2 is 1.62 bits per heavy atom. The van der Waals surface area contributed by atoms with E-state index in [9.17, 15) is 14.4 Å². The van der Waals surface area contributed by atoms with E-state index < -0.39 is 17.2 Å². The van der Waals surface area contributed by atoms with Gasteiger partial charge in [-0.25, -0.2) is 0 Å². The van der Waals surface area contributed by atoms with Crippen LogP contribution in [0.15, 0.2) is 42.5 Å². The summed E-state index contributed by atoms with van der Waals surface area (Å²) in [5.41, 5.74) is 1.01. The number of carbonyl (C=O) groups excluding carboxylic acids is 3. The third-order valence-corrected chi connectivity index (χ3v) is 4.35. The van der Waals surface area contributed by atoms with E-state index in [2.05, 4.69) is 10.6 Å². The number of amides is 2. The fraction of sp³-hybridized carbons (Fsp3) is 0.250. The molecule has 2 amide bonds. The van der Waals surface area contributed by atoms with Gasteiger partial charge in [0, 0.05) is 22.0 Å². The fourth-order valence-corrected chi connectivity index (χ4v) is 2.39. The lowest BCUT2D eigenvalue weighted by molar-refractivity contribution is -0.135. The predicted molar refractivity (Wildman–Crippen MR) is 104 cm³/mol. The number of halogens is 1. The van der Waals surface area contributed by atoms with Crippen molar-refractivity contribution in [3.63, 3.8) is 0 Å². The summed E-state index contributed by atoms with van der Waals surface area (Å²) in [5, 5.41) is 5.94. The van der Waals surface area contributed by atoms with Crippen molar-refractivity contribution in [1.29, 1.82) is 0 Å². The standard InChI is InChI=1S/C20H21ClN2O3/c1-12-8-9-15(21)11-17(12)23-19(26)20(3,4)18(25)22-16-7-5-6-14(10-16)13(2)24/h5-11H,1-4H3,(H,22,25)(H,23,26). The number of nitrogens with one attached hydrogen (secondary N) is 2. The molecule has 0 aromatic heterocycles. The van der Waals surface area contributed by atoms with Gasteiger partial charge in [-0.2, -0.15) is 0 Å². The number of hydrogen-bond donors (Lipinski definition) is 2. The van der Waals surface area contributed by atoms with Crippen molar-refractivity contribution in [3.8, 4) is 0 Å². The summed E-state index contributed by atoms with van der Waals surface area (Å²) in [5.74, 6) is -1.03. The molecule has 0 spiro atoms. The summed E-state index contributed by atoms with van der Waals surface area (Å²) in [7, 11) is 0. The molecule has 2 aromatic carbocycles. The van der Waals surface area contributed by atoms with Crippen molar-refractivity contribution in [3.05, 3.63) is 58.6 Å². The van der Waals surface area contributed by atoms with Gasteiger partial charge in [0.15, 0.2) is 5.78 Å². The second kappa shape index (κ2) is 7.70. The first-order chi connectivity index (χ1) is 12.1. The molecule has 0 fully saturated rings. The third-order valence-electron chi connectivity index (χ3n) is 4.11. The highest BCUT2D eigenvalue weighted by atomic mass is 35.5. The van der Waals surface area contributed by atoms with E-state index in [1.54, 1.807) is 42.5 Å². The van der Waals surface area contributed by atoms with Crippen LogP contribution in [0.25, 0.3) is 0 Å². The number of anilines is 2. The Kier molecular flexibility index (Phi) is 5.83. The van der Waals surface area contributed by atoms with Crippen molar-refractivity contribution in [1.82, 2.24) is 0 Å². The number of ketones is 1. The number of benzene rings is 2. The van der Waals surface area contributed by atoms with Gasteiger partial charge in [-0.15, -0.1) is 0 Å². The van der Waals surface area contributed by atoms with E-state index in [-0.39, 0.29) is 5.78 Å². The molecule has 2 aromatic rings. The zero-order valence-electron chi connectivity index (χ0n) is 15.1. The predicted octanol–water partition coefficient (Wildman–Crippen LogP) is 4.45. The lowest BCUT2D eigenvalue weighted by atomic mass is 9.90. The molecule has 26 heavy (non-hydrogen) atoms. The number of Topliss-reactive ketones (excluding diaryl/α,β-unsaturated/α-hetero) is 1. The van der Waals surface area contributed by atoms with Crippen LogP contribution in [-0.2, 0) is 9.59 Å². The van der Waals surface area contributed by atoms with Crippen LogP contribution < -0.4 is 10.6 Å². The molecule has 2 rings (SSSR count). The Morgan fingerprint density at radius 1 is 0.962 bits per heavy atom. The Balaban J connectivity index is 2.16. The number of rotatable bonds is 5. The van der Waals surface area contributed by atoms with Gasteiger partial charge in [0.1, 0.15) is 5.41 Å². The van der Waals surface area contributed by atoms with E-state index in [0.717, 1.165) is 5.56 Å². The first kappa shape index (κ1) is 19.7. The van der Waals surface area contributed by atoms with Crippen LogP contribution in [0.1, 0.15) is 36.7 Å². The van der Waals surface area contributed by atoms with Gasteiger partial charge in [-0.3, -0.25) is 14.4 Å². The minimum Gasteiger partial charge on any atom is -0.325 e. The molecule has 0 bridgehead atoms. The van der Waals surface area contributed by atoms with Crippen molar-refractivity contribution in [2.24, 2.45) is 5.41 Å². The van der Waals surface area contributed by atoms with Crippen LogP contribution in [0, 0.1) is 12.3 Å². The Hall–Kier alpha value is -2.66. The molecule has 6 heteroatoms. The molecule has 136 valence electrons. The van der Waals surface area contributed by atoms with Crippen molar-refractivity contribution >= 4 is 40.6 Å². The minimum atomic E-state index is -1.33. The lowest BCUT2D eigenvalue weighted by Crippen LogP contribution is -2.41. The molecule has 0 atom stereocenters. The van der Waals surface area contributed by atoms with Gasteiger partial charge in [0.05, 0.1) is 0 Å². The molecular weight excluding hydrogens is 352 g/mol. The van der Waals surface area contributed by atoms with Gasteiger partial charge in [-0.1, -0.05) is 29.8 Å². The topological polar surface area (TPSA) is 75.3 Å². The van der Waals surface area contributed by atoms with Gasteiger partial charge in [0.25, 0.3) is 0 Å². The molecule has 2 N–H and O–H groups in total. The summed E-state index contributed by atoms with van der Waals surface area (Å²) >= 11 is 5.97. The second-order valence-corrected chi connectivity index (χ2v) is 7.07. The molecule has 0 heterocycles. The normalized spacial score (nSPS) is 11.0. The minimum absolute atomic E-state index is 0.102. The molecule has 0 radical (unpaired) electrons. The maximum atomic E-state index is 12.6. The summed E-state index contributed by atoms with van der Waals surface area (Å²) in [6, 6.07) is 11.7. The van der Waals surface area contributed by atoms with Crippen LogP contribution in [0.3, 0.4) is 0 Å². The zero-order chi connectivity index (χ0) is 19.5. The third kappa shape index (κ3) is 4.49. The average Bonchev–Trinajstić information content (AvgIpc) is 2.58. The zero-order valence-corrected chi connectivity index (χ0v) is 15.9. The number of aryl methyl sites for hydroxylation is 1. The smallest absolute Gasteiger partial charge is 0.239 e. The highest BCUT2D eigenvalue weighted by Crippen LogP contribution is 2.25. The molecular formula is C20H21ClN2O3. The van der Waals surface area contributed by atoms with Crippen LogP contribution in [0.4, 0.5) is 11.4 Å². The fourth-order valence-electron chi connectivity index (χ4n) is 2.21. The lowest BCUT2D eigenvalue weighted by Gasteiger charge is -2.23. The Bertz CT molecular complexity index is 875. The monoisotopic (exact) mass is 372 g/mol. The molecule has 5 nitrogen and oxygen atoms in total. The van der Waals surface area contributed by atoms with Gasteiger partial charge in [-0.05, 0) is 57.5 Å². The highest BCUT2D eigenvalue weighted by Gasteiger charge is 2.36. The Labute approximate surface area is 157 Å².